The molecule has 0 saturated carbocycles. The second kappa shape index (κ2) is 59.4. The fourth-order valence-electron chi connectivity index (χ4n) is 15.5. The molecule has 7 nitrogen and oxygen atoms in total. The quantitative estimate of drug-likeness (QED) is 0.00738. The minimum Gasteiger partial charge on any atom is -0.463 e. The van der Waals surface area contributed by atoms with Crippen LogP contribution in [0.2, 0.25) is 0 Å². The van der Waals surface area contributed by atoms with Crippen LogP contribution in [0.1, 0.15) is 123 Å². The lowest BCUT2D eigenvalue weighted by Gasteiger charge is -2.35. The first-order valence-electron chi connectivity index (χ1n) is 44.8. The van der Waals surface area contributed by atoms with Gasteiger partial charge in [-0.15, -0.1) is 47.0 Å². The van der Waals surface area contributed by atoms with Gasteiger partial charge in [0.2, 0.25) is 0 Å². The first kappa shape index (κ1) is 105. The molecule has 134 heavy (non-hydrogen) atoms. The summed E-state index contributed by atoms with van der Waals surface area (Å²) >= 11 is 12.7. The number of ketones is 1. The molecule has 12 heteroatoms. The Bertz CT molecular complexity index is 5390. The van der Waals surface area contributed by atoms with E-state index in [1.165, 1.54) is 89.5 Å². The molecule has 0 aliphatic carbocycles. The van der Waals surface area contributed by atoms with Crippen LogP contribution in [0.15, 0.2) is 517 Å². The zero-order valence-electron chi connectivity index (χ0n) is 76.1. The lowest BCUT2D eigenvalue weighted by atomic mass is 9.84. The summed E-state index contributed by atoms with van der Waals surface area (Å²) < 4.78 is 2.88. The van der Waals surface area contributed by atoms with Gasteiger partial charge in [0, 0.05) is 18.2 Å². The van der Waals surface area contributed by atoms with E-state index in [9.17, 15) is 19.2 Å². The largest absolute Gasteiger partial charge is 0.463 e. The molecule has 0 aliphatic heterocycles. The number of carbonyl (C=O) groups is 5. The molecular weight excluding hydrogens is 1740 g/mol. The van der Waals surface area contributed by atoms with Crippen molar-refractivity contribution < 1.29 is 33.8 Å². The highest BCUT2D eigenvalue weighted by atomic mass is 32.2. The maximum absolute atomic E-state index is 11.2. The molecule has 0 heterocycles. The average Bonchev–Trinajstić information content (AvgIpc) is 0.792. The van der Waals surface area contributed by atoms with E-state index in [1.54, 1.807) is 26.0 Å². The molecule has 1 N–H and O–H groups in total. The van der Waals surface area contributed by atoms with Crippen molar-refractivity contribution >= 4 is 90.3 Å². The minimum atomic E-state index is -0.427. The molecule has 0 fully saturated rings. The molecule has 0 saturated heterocycles. The van der Waals surface area contributed by atoms with Gasteiger partial charge in [-0.25, -0.2) is 4.79 Å². The predicted octanol–water partition coefficient (Wildman–Crippen LogP) is 29.1. The van der Waals surface area contributed by atoms with Crippen LogP contribution in [-0.2, 0) is 52.4 Å². The predicted molar refractivity (Wildman–Crippen MR) is 574 cm³/mol. The topological polar surface area (TPSA) is 115 Å². The van der Waals surface area contributed by atoms with Gasteiger partial charge in [-0.3, -0.25) is 14.4 Å². The van der Waals surface area contributed by atoms with Crippen LogP contribution in [0.25, 0.3) is 0 Å². The van der Waals surface area contributed by atoms with Gasteiger partial charge in [0.05, 0.1) is 36.9 Å². The van der Waals surface area contributed by atoms with Gasteiger partial charge >= 0.3 is 5.97 Å². The monoisotopic (exact) mass is 1850 g/mol. The highest BCUT2D eigenvalue weighted by Gasteiger charge is 2.41. The van der Waals surface area contributed by atoms with Crippen molar-refractivity contribution in [3.63, 3.8) is 0 Å². The van der Waals surface area contributed by atoms with Gasteiger partial charge in [-0.1, -0.05) is 492 Å². The number of carbonyl (C=O) groups excluding carboxylic acids is 5. The molecule has 0 amide bonds. The van der Waals surface area contributed by atoms with Crippen molar-refractivity contribution in [3.05, 3.63) is 600 Å². The zero-order chi connectivity index (χ0) is 94.7. The molecular formula is C122H118O7S5. The summed E-state index contributed by atoms with van der Waals surface area (Å²) in [5, 5.41) is 8.97. The Morgan fingerprint density at radius 2 is 0.493 bits per heavy atom. The molecule has 0 aliphatic rings. The Labute approximate surface area is 817 Å². The normalized spacial score (nSPS) is 11.1. The first-order chi connectivity index (χ1) is 65.9. The number of allylic oxidation sites excluding steroid dienone is 6. The fourth-order valence-corrected chi connectivity index (χ4v) is 21.8. The Balaban J connectivity index is 0.000000183. The number of thiol groups is 1. The lowest BCUT2D eigenvalue weighted by Crippen LogP contribution is -2.26. The zero-order valence-corrected chi connectivity index (χ0v) is 80.3. The van der Waals surface area contributed by atoms with E-state index in [4.69, 9.17) is 22.5 Å². The maximum Gasteiger partial charge on any atom is 0.330 e. The third kappa shape index (κ3) is 30.2. The molecule has 678 valence electrons. The van der Waals surface area contributed by atoms with Crippen molar-refractivity contribution in [2.45, 2.75) is 63.3 Å². The Hall–Kier alpha value is -13.1. The highest BCUT2D eigenvalue weighted by molar-refractivity contribution is 8.01. The number of thioether (sulfide) groups is 4. The van der Waals surface area contributed by atoms with Crippen molar-refractivity contribution in [3.8, 4) is 0 Å². The highest BCUT2D eigenvalue weighted by Crippen LogP contribution is 2.53. The number of aldehydes is 3. The molecule has 0 radical (unpaired) electrons. The molecule has 15 aromatic rings. The third-order valence-corrected chi connectivity index (χ3v) is 28.6. The minimum absolute atomic E-state index is 0.0976. The van der Waals surface area contributed by atoms with Gasteiger partial charge in [-0.2, -0.15) is 12.6 Å². The molecule has 0 spiro atoms. The van der Waals surface area contributed by atoms with E-state index < -0.39 is 4.75 Å². The number of rotatable bonds is 37. The average molecular weight is 1860 g/mol. The summed E-state index contributed by atoms with van der Waals surface area (Å²) in [6, 6.07) is 159. The second-order valence-electron chi connectivity index (χ2n) is 30.2. The number of benzene rings is 15. The first-order valence-corrected chi connectivity index (χ1v) is 49.2. The van der Waals surface area contributed by atoms with Crippen LogP contribution < -0.4 is 0 Å². The number of hydrogen-bond donors (Lipinski definition) is 2. The maximum atomic E-state index is 11.2. The van der Waals surface area contributed by atoms with Crippen LogP contribution in [0, 0.1) is 0 Å². The van der Waals surface area contributed by atoms with Crippen LogP contribution >= 0.6 is 59.7 Å². The second-order valence-corrected chi connectivity index (χ2v) is 36.1. The van der Waals surface area contributed by atoms with E-state index in [-0.39, 0.29) is 37.3 Å². The molecule has 0 aromatic heterocycles. The van der Waals surface area contributed by atoms with Gasteiger partial charge in [0.25, 0.3) is 0 Å². The molecule has 0 atom stereocenters. The third-order valence-electron chi connectivity index (χ3n) is 21.5. The lowest BCUT2D eigenvalue weighted by molar-refractivity contribution is -0.137. The summed E-state index contributed by atoms with van der Waals surface area (Å²) in [7, 11) is 0. The Kier molecular flexibility index (Phi) is 46.3. The van der Waals surface area contributed by atoms with Gasteiger partial charge in [0.15, 0.2) is 5.78 Å². The van der Waals surface area contributed by atoms with E-state index in [0.29, 0.717) is 19.3 Å². The van der Waals surface area contributed by atoms with E-state index in [0.717, 1.165) is 60.9 Å². The number of aliphatic hydroxyl groups excluding tert-OH is 1. The van der Waals surface area contributed by atoms with Crippen LogP contribution in [0.3, 0.4) is 0 Å². The number of aliphatic hydroxyl groups is 1. The Morgan fingerprint density at radius 3 is 0.657 bits per heavy atom. The van der Waals surface area contributed by atoms with Crippen molar-refractivity contribution in [2.24, 2.45) is 0 Å². The number of hydrogen-bond acceptors (Lipinski definition) is 12. The molecule has 15 rings (SSSR count). The van der Waals surface area contributed by atoms with Crippen molar-refractivity contribution in [2.75, 3.05) is 36.2 Å². The molecule has 0 bridgehead atoms. The molecule has 15 aromatic carbocycles. The van der Waals surface area contributed by atoms with Crippen LogP contribution in [0.4, 0.5) is 0 Å². The summed E-state index contributed by atoms with van der Waals surface area (Å²) in [5.74, 6) is 3.32. The van der Waals surface area contributed by atoms with Crippen LogP contribution in [-0.4, -0.2) is 71.9 Å². The number of ether oxygens (including phenoxy) is 1. The van der Waals surface area contributed by atoms with Crippen LogP contribution in [0.5, 0.6) is 0 Å². The summed E-state index contributed by atoms with van der Waals surface area (Å²) in [6.45, 7) is 10.2. The van der Waals surface area contributed by atoms with E-state index in [1.807, 2.05) is 102 Å². The van der Waals surface area contributed by atoms with Gasteiger partial charge in [0.1, 0.15) is 18.9 Å². The van der Waals surface area contributed by atoms with Gasteiger partial charge < -0.3 is 14.6 Å². The van der Waals surface area contributed by atoms with E-state index in [2.05, 4.69) is 443 Å². The van der Waals surface area contributed by atoms with Crippen molar-refractivity contribution in [1.29, 1.82) is 0 Å². The smallest absolute Gasteiger partial charge is 0.330 e. The SMILES string of the molecule is C=CC(=O)OCC.C=CC=O.CC(=O)/C=C/CCSC(c1ccccc1)(c1ccccc1)c1ccccc1.O=C/C=C/CCSC(c1ccccc1)(c1ccccc1)c1ccccc1.O=CCCSC(c1ccccc1)(c1ccccc1)c1ccccc1.OC/C=C/CCSC(c1ccccc1)(c1ccccc1)c1ccccc1.SC(c1ccccc1)(c1ccccc1)c1ccccc1. The summed E-state index contributed by atoms with van der Waals surface area (Å²) in [5.41, 5.74) is 18.7. The Morgan fingerprint density at radius 1 is 0.299 bits per heavy atom. The fraction of sp³-hybridized carbons (Fsp3) is 0.139. The molecule has 0 unspecified atom stereocenters. The van der Waals surface area contributed by atoms with Crippen molar-refractivity contribution in [1.82, 2.24) is 0 Å². The van der Waals surface area contributed by atoms with Gasteiger partial charge in [-0.05, 0) is 152 Å². The summed E-state index contributed by atoms with van der Waals surface area (Å²) in [6.07, 6.45) is 19.0. The number of esters is 1. The standard InChI is InChI=1S/C25H24OS.C24H24OS.C24H22OS.C22H20OS.C19H16S.C5H8O2.C3H4O/c1-21(26)13-11-12-20-27-25(22-14-5-2-6-15-22,23-16-7-3-8-17-23)24-18-9-4-10-19-24;2*25-19-11-4-12-20-26-24(21-13-5-1-6-14-21,22-15-7-2-8-16-22)23-17-9-3-10-18-23;23-17-10-18-24-22(19-11-4-1-5-12-19,20-13-6-2-7-14-20)21-15-8-3-9-16-21;20-19(16-10-4-1-5-11-16,17-12-6-2-7-13-17)18-14-8-3-9-15-18;1-3-5(6)7-4-2;1-2-3-4/h2-11,13-19H,12,20H2,1H3;1-11,13-18,25H,12,19-20H2;1-11,13-19H,12,20H2;1-9,11-17H,10,18H2;1-15,20H;3H,1,4H2,2H3;2-3H,1H2/b13-11+;2*11-4+;;;;. The summed E-state index contributed by atoms with van der Waals surface area (Å²) in [4.78, 5) is 51.7. The van der Waals surface area contributed by atoms with E-state index >= 15 is 0 Å².